The van der Waals surface area contributed by atoms with Gasteiger partial charge in [0.25, 0.3) is 5.91 Å². The Morgan fingerprint density at radius 3 is 2.64 bits per heavy atom. The third-order valence-electron chi connectivity index (χ3n) is 4.04. The van der Waals surface area contributed by atoms with E-state index in [0.29, 0.717) is 12.2 Å². The normalized spacial score (nSPS) is 11.9. The molecule has 0 radical (unpaired) electrons. The second-order valence-corrected chi connectivity index (χ2v) is 6.00. The number of anilines is 1. The van der Waals surface area contributed by atoms with Crippen molar-refractivity contribution in [2.24, 2.45) is 0 Å². The molecule has 1 unspecified atom stereocenters. The van der Waals surface area contributed by atoms with Gasteiger partial charge in [0.15, 0.2) is 6.04 Å². The van der Waals surface area contributed by atoms with Crippen LogP contribution in [0.4, 0.5) is 10.3 Å². The summed E-state index contributed by atoms with van der Waals surface area (Å²) in [6.45, 7) is 0. The third kappa shape index (κ3) is 3.90. The Morgan fingerprint density at radius 1 is 1.14 bits per heavy atom. The number of H-pyrrole nitrogens is 1. The zero-order valence-electron chi connectivity index (χ0n) is 14.5. The van der Waals surface area contributed by atoms with Crippen LogP contribution in [0.1, 0.15) is 23.0 Å². The lowest BCUT2D eigenvalue weighted by Gasteiger charge is -2.15. The summed E-state index contributed by atoms with van der Waals surface area (Å²) in [5, 5.41) is 20.5. The Hall–Kier alpha value is -3.95. The van der Waals surface area contributed by atoms with Crippen LogP contribution in [-0.4, -0.2) is 41.3 Å². The molecule has 0 aliphatic heterocycles. The Balaban J connectivity index is 1.50. The minimum absolute atomic E-state index is 0.135. The molecule has 1 atom stereocenters. The van der Waals surface area contributed by atoms with Crippen molar-refractivity contribution < 1.29 is 9.18 Å². The summed E-state index contributed by atoms with van der Waals surface area (Å²) in [5.74, 6) is -0.00799. The molecule has 2 aromatic carbocycles. The van der Waals surface area contributed by atoms with Gasteiger partial charge in [-0.25, -0.2) is 9.07 Å². The van der Waals surface area contributed by atoms with Crippen molar-refractivity contribution in [2.75, 3.05) is 5.32 Å². The number of rotatable bonds is 6. The summed E-state index contributed by atoms with van der Waals surface area (Å²) in [5.41, 5.74) is 1.58. The maximum absolute atomic E-state index is 13.0. The van der Waals surface area contributed by atoms with Crippen LogP contribution in [0.15, 0.2) is 60.9 Å². The van der Waals surface area contributed by atoms with Crippen molar-refractivity contribution in [3.05, 3.63) is 83.7 Å². The van der Waals surface area contributed by atoms with Crippen molar-refractivity contribution >= 4 is 11.9 Å². The van der Waals surface area contributed by atoms with E-state index in [2.05, 4.69) is 36.0 Å². The van der Waals surface area contributed by atoms with Crippen LogP contribution in [-0.2, 0) is 11.2 Å². The Bertz CT molecular complexity index is 1050. The summed E-state index contributed by atoms with van der Waals surface area (Å²) >= 11 is 0. The van der Waals surface area contributed by atoms with Crippen LogP contribution in [0, 0.1) is 5.82 Å². The second kappa shape index (κ2) is 7.74. The molecule has 0 saturated carbocycles. The molecule has 2 heterocycles. The van der Waals surface area contributed by atoms with E-state index in [0.717, 1.165) is 11.1 Å². The van der Waals surface area contributed by atoms with Crippen LogP contribution < -0.4 is 5.32 Å². The number of aromatic amines is 1. The fourth-order valence-electron chi connectivity index (χ4n) is 2.75. The van der Waals surface area contributed by atoms with Gasteiger partial charge in [0.2, 0.25) is 5.95 Å². The average Bonchev–Trinajstić information content (AvgIpc) is 3.37. The van der Waals surface area contributed by atoms with E-state index in [1.165, 1.54) is 23.1 Å². The van der Waals surface area contributed by atoms with Crippen LogP contribution >= 0.6 is 0 Å². The van der Waals surface area contributed by atoms with E-state index < -0.39 is 6.04 Å². The maximum Gasteiger partial charge on any atom is 0.256 e. The second-order valence-electron chi connectivity index (χ2n) is 6.00. The highest BCUT2D eigenvalue weighted by Gasteiger charge is 2.25. The number of hydrogen-bond donors (Lipinski definition) is 2. The van der Waals surface area contributed by atoms with Gasteiger partial charge in [-0.1, -0.05) is 42.5 Å². The monoisotopic (exact) mass is 378 g/mol. The topological polar surface area (TPSA) is 114 Å². The lowest BCUT2D eigenvalue weighted by atomic mass is 10.1. The summed E-state index contributed by atoms with van der Waals surface area (Å²) in [4.78, 5) is 17.1. The lowest BCUT2D eigenvalue weighted by Crippen LogP contribution is -2.28. The molecule has 140 valence electrons. The molecule has 0 bridgehead atoms. The number of tetrazole rings is 1. The molecule has 2 N–H and O–H groups in total. The van der Waals surface area contributed by atoms with E-state index in [9.17, 15) is 9.18 Å². The lowest BCUT2D eigenvalue weighted by molar-refractivity contribution is -0.118. The van der Waals surface area contributed by atoms with Crippen LogP contribution in [0.2, 0.25) is 0 Å². The van der Waals surface area contributed by atoms with Crippen LogP contribution in [0.25, 0.3) is 0 Å². The van der Waals surface area contributed by atoms with Gasteiger partial charge < -0.3 is 0 Å². The fraction of sp³-hybridized carbons (Fsp3) is 0.111. The molecule has 0 aliphatic carbocycles. The largest absolute Gasteiger partial charge is 0.291 e. The first kappa shape index (κ1) is 17.5. The standard InChI is InChI=1S/C18H15FN8O/c19-14-8-6-12(7-9-14)10-15-21-18(24-23-15)22-17(28)16(27-11-20-25-26-27)13-4-2-1-3-5-13/h1-9,11,16H,10H2,(H2,21,22,23,24,28). The van der Waals surface area contributed by atoms with Gasteiger partial charge in [-0.05, 0) is 33.7 Å². The van der Waals surface area contributed by atoms with Gasteiger partial charge in [-0.15, -0.1) is 10.2 Å². The van der Waals surface area contributed by atoms with Crippen LogP contribution in [0.5, 0.6) is 0 Å². The molecule has 0 spiro atoms. The minimum atomic E-state index is -0.768. The maximum atomic E-state index is 13.0. The fourth-order valence-corrected chi connectivity index (χ4v) is 2.75. The zero-order valence-corrected chi connectivity index (χ0v) is 14.5. The first-order valence-corrected chi connectivity index (χ1v) is 8.43. The molecule has 0 aliphatic rings. The summed E-state index contributed by atoms with van der Waals surface area (Å²) in [6.07, 6.45) is 1.80. The molecular formula is C18H15FN8O. The van der Waals surface area contributed by atoms with E-state index in [-0.39, 0.29) is 17.7 Å². The summed E-state index contributed by atoms with van der Waals surface area (Å²) in [6, 6.07) is 14.5. The molecule has 0 saturated heterocycles. The highest BCUT2D eigenvalue weighted by Crippen LogP contribution is 2.18. The van der Waals surface area contributed by atoms with Gasteiger partial charge >= 0.3 is 0 Å². The third-order valence-corrected chi connectivity index (χ3v) is 4.04. The van der Waals surface area contributed by atoms with Crippen molar-refractivity contribution in [2.45, 2.75) is 12.5 Å². The number of hydrogen-bond acceptors (Lipinski definition) is 6. The number of carbonyl (C=O) groups excluding carboxylic acids is 1. The number of aromatic nitrogens is 7. The molecule has 4 rings (SSSR count). The van der Waals surface area contributed by atoms with E-state index in [1.54, 1.807) is 12.1 Å². The predicted octanol–water partition coefficient (Wildman–Crippen LogP) is 1.75. The minimum Gasteiger partial charge on any atom is -0.291 e. The number of nitrogens with one attached hydrogen (secondary N) is 2. The van der Waals surface area contributed by atoms with Gasteiger partial charge in [0.05, 0.1) is 0 Å². The van der Waals surface area contributed by atoms with Crippen molar-refractivity contribution in [1.29, 1.82) is 0 Å². The van der Waals surface area contributed by atoms with E-state index in [1.807, 2.05) is 30.3 Å². The summed E-state index contributed by atoms with van der Waals surface area (Å²) < 4.78 is 14.4. The molecule has 28 heavy (non-hydrogen) atoms. The molecular weight excluding hydrogens is 363 g/mol. The van der Waals surface area contributed by atoms with Gasteiger partial charge in [-0.3, -0.25) is 15.2 Å². The molecule has 4 aromatic rings. The first-order valence-electron chi connectivity index (χ1n) is 8.43. The highest BCUT2D eigenvalue weighted by atomic mass is 19.1. The quantitative estimate of drug-likeness (QED) is 0.528. The Morgan fingerprint density at radius 2 is 1.93 bits per heavy atom. The van der Waals surface area contributed by atoms with E-state index >= 15 is 0 Å². The highest BCUT2D eigenvalue weighted by molar-refractivity contribution is 5.94. The summed E-state index contributed by atoms with van der Waals surface area (Å²) in [7, 11) is 0. The molecule has 0 fully saturated rings. The number of benzene rings is 2. The Kier molecular flexibility index (Phi) is 4.83. The number of nitrogens with zero attached hydrogens (tertiary/aromatic N) is 6. The number of halogens is 1. The average molecular weight is 378 g/mol. The van der Waals surface area contributed by atoms with Crippen molar-refractivity contribution in [3.8, 4) is 0 Å². The Labute approximate surface area is 158 Å². The van der Waals surface area contributed by atoms with Crippen molar-refractivity contribution in [1.82, 2.24) is 35.4 Å². The predicted molar refractivity (Wildman–Crippen MR) is 96.6 cm³/mol. The van der Waals surface area contributed by atoms with Crippen molar-refractivity contribution in [3.63, 3.8) is 0 Å². The smallest absolute Gasteiger partial charge is 0.256 e. The molecule has 2 aromatic heterocycles. The van der Waals surface area contributed by atoms with Gasteiger partial charge in [0, 0.05) is 6.42 Å². The van der Waals surface area contributed by atoms with Gasteiger partial charge in [0.1, 0.15) is 18.0 Å². The first-order chi connectivity index (χ1) is 13.7. The number of carbonyl (C=O) groups is 1. The van der Waals surface area contributed by atoms with Crippen LogP contribution in [0.3, 0.4) is 0 Å². The molecule has 10 heteroatoms. The number of amides is 1. The van der Waals surface area contributed by atoms with Gasteiger partial charge in [-0.2, -0.15) is 4.98 Å². The van der Waals surface area contributed by atoms with E-state index in [4.69, 9.17) is 0 Å². The zero-order chi connectivity index (χ0) is 19.3. The molecule has 9 nitrogen and oxygen atoms in total. The SMILES string of the molecule is O=C(Nc1n[nH]c(Cc2ccc(F)cc2)n1)C(c1ccccc1)n1cnnn1. The molecule has 1 amide bonds.